The van der Waals surface area contributed by atoms with Crippen molar-refractivity contribution in [2.75, 3.05) is 26.7 Å². The zero-order valence-electron chi connectivity index (χ0n) is 17.3. The van der Waals surface area contributed by atoms with Crippen molar-refractivity contribution in [3.8, 4) is 0 Å². The van der Waals surface area contributed by atoms with E-state index in [0.29, 0.717) is 12.0 Å². The molecule has 1 saturated heterocycles. The number of para-hydroxylation sites is 2. The fraction of sp³-hybridized carbons (Fsp3) is 0.476. The molecule has 1 aliphatic rings. The molecule has 3 aromatic rings. The smallest absolute Gasteiger partial charge is 0.193 e. The number of likely N-dealkylation sites (tertiary alicyclic amines) is 1. The number of aliphatic imine (C=N–C) groups is 1. The van der Waals surface area contributed by atoms with E-state index in [1.807, 2.05) is 25.6 Å². The van der Waals surface area contributed by atoms with Crippen molar-refractivity contribution in [1.29, 1.82) is 0 Å². The number of nitrogens with one attached hydrogen (secondary N) is 1. The molecular formula is C21H30IN7. The number of piperidine rings is 1. The molecule has 156 valence electrons. The van der Waals surface area contributed by atoms with Gasteiger partial charge in [-0.25, -0.2) is 9.97 Å². The molecule has 0 amide bonds. The van der Waals surface area contributed by atoms with Gasteiger partial charge in [-0.2, -0.15) is 0 Å². The van der Waals surface area contributed by atoms with Gasteiger partial charge in [0.1, 0.15) is 5.82 Å². The monoisotopic (exact) mass is 507 g/mol. The third kappa shape index (κ3) is 4.57. The molecule has 2 unspecified atom stereocenters. The molecule has 1 N–H and O–H groups in total. The van der Waals surface area contributed by atoms with E-state index in [4.69, 9.17) is 0 Å². The summed E-state index contributed by atoms with van der Waals surface area (Å²) in [5.41, 5.74) is 2.24. The van der Waals surface area contributed by atoms with Crippen LogP contribution in [0.25, 0.3) is 11.0 Å². The Morgan fingerprint density at radius 1 is 1.31 bits per heavy atom. The number of rotatable bonds is 4. The average Bonchev–Trinajstić information content (AvgIpc) is 3.34. The molecule has 7 nitrogen and oxygen atoms in total. The van der Waals surface area contributed by atoms with Crippen LogP contribution in [0.15, 0.2) is 48.0 Å². The van der Waals surface area contributed by atoms with Gasteiger partial charge in [-0.05, 0) is 31.4 Å². The fourth-order valence-corrected chi connectivity index (χ4v) is 4.18. The lowest BCUT2D eigenvalue weighted by atomic mass is 9.93. The van der Waals surface area contributed by atoms with Crippen LogP contribution in [0.4, 0.5) is 0 Å². The number of hydrogen-bond acceptors (Lipinski definition) is 3. The molecule has 4 rings (SSSR count). The summed E-state index contributed by atoms with van der Waals surface area (Å²) in [7, 11) is 1.87. The second-order valence-corrected chi connectivity index (χ2v) is 7.56. The van der Waals surface area contributed by atoms with E-state index in [1.165, 1.54) is 5.52 Å². The minimum Gasteiger partial charge on any atom is -0.354 e. The molecule has 0 radical (unpaired) electrons. The third-order valence-electron chi connectivity index (χ3n) is 5.80. The number of nitrogens with zero attached hydrogens (tertiary/aromatic N) is 6. The minimum absolute atomic E-state index is 0. The first kappa shape index (κ1) is 21.6. The zero-order valence-corrected chi connectivity index (χ0v) is 19.7. The Hall–Kier alpha value is -2.10. The highest BCUT2D eigenvalue weighted by molar-refractivity contribution is 14.0. The van der Waals surface area contributed by atoms with Crippen LogP contribution >= 0.6 is 24.0 Å². The number of hydrogen-bond donors (Lipinski definition) is 1. The highest BCUT2D eigenvalue weighted by Crippen LogP contribution is 2.27. The molecule has 2 aromatic heterocycles. The minimum atomic E-state index is 0. The summed E-state index contributed by atoms with van der Waals surface area (Å²) in [6.45, 7) is 8.04. The number of benzene rings is 1. The Balaban J connectivity index is 0.00000240. The van der Waals surface area contributed by atoms with Crippen LogP contribution in [0.2, 0.25) is 0 Å². The van der Waals surface area contributed by atoms with E-state index in [2.05, 4.69) is 72.6 Å². The second kappa shape index (κ2) is 9.60. The molecule has 8 heteroatoms. The van der Waals surface area contributed by atoms with Gasteiger partial charge in [0.15, 0.2) is 5.96 Å². The van der Waals surface area contributed by atoms with Crippen molar-refractivity contribution in [2.45, 2.75) is 32.9 Å². The summed E-state index contributed by atoms with van der Waals surface area (Å²) < 4.78 is 4.49. The van der Waals surface area contributed by atoms with Crippen LogP contribution in [0.1, 0.15) is 25.2 Å². The molecule has 1 aliphatic heterocycles. The molecule has 2 atom stereocenters. The Kier molecular flexibility index (Phi) is 7.15. The molecule has 0 spiro atoms. The third-order valence-corrected chi connectivity index (χ3v) is 5.80. The number of halogens is 1. The van der Waals surface area contributed by atoms with Crippen LogP contribution in [-0.2, 0) is 6.54 Å². The largest absolute Gasteiger partial charge is 0.354 e. The van der Waals surface area contributed by atoms with Crippen molar-refractivity contribution >= 4 is 41.0 Å². The van der Waals surface area contributed by atoms with Crippen molar-refractivity contribution < 1.29 is 0 Å². The predicted molar refractivity (Wildman–Crippen MR) is 128 cm³/mol. The van der Waals surface area contributed by atoms with E-state index in [9.17, 15) is 0 Å². The lowest BCUT2D eigenvalue weighted by Gasteiger charge is -2.39. The number of aromatic nitrogens is 4. The Morgan fingerprint density at radius 3 is 2.90 bits per heavy atom. The molecule has 3 heterocycles. The second-order valence-electron chi connectivity index (χ2n) is 7.56. The first-order chi connectivity index (χ1) is 13.7. The molecule has 29 heavy (non-hydrogen) atoms. The number of imidazole rings is 2. The van der Waals surface area contributed by atoms with Crippen LogP contribution in [0.3, 0.4) is 0 Å². The Bertz CT molecular complexity index is 947. The van der Waals surface area contributed by atoms with E-state index in [-0.39, 0.29) is 24.0 Å². The maximum Gasteiger partial charge on any atom is 0.193 e. The summed E-state index contributed by atoms with van der Waals surface area (Å²) in [5.74, 6) is 2.65. The highest BCUT2D eigenvalue weighted by Gasteiger charge is 2.28. The number of guanidine groups is 1. The predicted octanol–water partition coefficient (Wildman–Crippen LogP) is 3.32. The highest BCUT2D eigenvalue weighted by atomic mass is 127. The van der Waals surface area contributed by atoms with Gasteiger partial charge in [-0.1, -0.05) is 19.1 Å². The lowest BCUT2D eigenvalue weighted by Crippen LogP contribution is -2.49. The molecule has 1 fully saturated rings. The summed E-state index contributed by atoms with van der Waals surface area (Å²) in [4.78, 5) is 15.8. The molecular weight excluding hydrogens is 477 g/mol. The van der Waals surface area contributed by atoms with Crippen molar-refractivity contribution in [1.82, 2.24) is 29.3 Å². The van der Waals surface area contributed by atoms with Crippen molar-refractivity contribution in [3.05, 3.63) is 48.8 Å². The molecule has 1 aromatic carbocycles. The molecule has 0 saturated carbocycles. The Morgan fingerprint density at radius 2 is 2.14 bits per heavy atom. The van der Waals surface area contributed by atoms with Gasteiger partial charge < -0.3 is 19.4 Å². The quantitative estimate of drug-likeness (QED) is 0.335. The van der Waals surface area contributed by atoms with Crippen LogP contribution < -0.4 is 5.32 Å². The first-order valence-corrected chi connectivity index (χ1v) is 10.0. The van der Waals surface area contributed by atoms with Crippen LogP contribution in [0.5, 0.6) is 0 Å². The lowest BCUT2D eigenvalue weighted by molar-refractivity contribution is 0.189. The maximum absolute atomic E-state index is 4.65. The van der Waals surface area contributed by atoms with Gasteiger partial charge in [0.25, 0.3) is 0 Å². The van der Waals surface area contributed by atoms with Crippen molar-refractivity contribution in [3.63, 3.8) is 0 Å². The first-order valence-electron chi connectivity index (χ1n) is 10.0. The summed E-state index contributed by atoms with van der Waals surface area (Å²) >= 11 is 0. The van der Waals surface area contributed by atoms with Crippen LogP contribution in [-0.4, -0.2) is 56.6 Å². The molecule has 0 aliphatic carbocycles. The Labute approximate surface area is 189 Å². The SMILES string of the molecule is CN=C(NCCn1c(C)nc2ccccc21)N1CCC(C)C(n2ccnc2)C1.I. The van der Waals surface area contributed by atoms with E-state index >= 15 is 0 Å². The summed E-state index contributed by atoms with van der Waals surface area (Å²) in [6, 6.07) is 8.72. The van der Waals surface area contributed by atoms with Gasteiger partial charge in [0, 0.05) is 45.6 Å². The molecule has 0 bridgehead atoms. The van der Waals surface area contributed by atoms with Gasteiger partial charge in [-0.3, -0.25) is 4.99 Å². The van der Waals surface area contributed by atoms with Gasteiger partial charge in [0.05, 0.1) is 23.4 Å². The van der Waals surface area contributed by atoms with E-state index in [0.717, 1.165) is 49.9 Å². The summed E-state index contributed by atoms with van der Waals surface area (Å²) in [5, 5.41) is 3.55. The van der Waals surface area contributed by atoms with Crippen LogP contribution in [0, 0.1) is 12.8 Å². The van der Waals surface area contributed by atoms with Gasteiger partial charge >= 0.3 is 0 Å². The number of aryl methyl sites for hydroxylation is 1. The standard InChI is InChI=1S/C21H29N7.HI/c1-16-8-11-26(14-20(16)27-12-9-23-15-27)21(22-3)24-10-13-28-17(2)25-18-6-4-5-7-19(18)28;/h4-7,9,12,15-16,20H,8,10-11,13-14H2,1-3H3,(H,22,24);1H. The topological polar surface area (TPSA) is 63.3 Å². The van der Waals surface area contributed by atoms with Gasteiger partial charge in [0.2, 0.25) is 0 Å². The fourth-order valence-electron chi connectivity index (χ4n) is 4.18. The zero-order chi connectivity index (χ0) is 19.5. The number of fused-ring (bicyclic) bond motifs is 1. The van der Waals surface area contributed by atoms with Crippen molar-refractivity contribution in [2.24, 2.45) is 10.9 Å². The summed E-state index contributed by atoms with van der Waals surface area (Å²) in [6.07, 6.45) is 6.99. The average molecular weight is 507 g/mol. The van der Waals surface area contributed by atoms with E-state index < -0.39 is 0 Å². The normalized spacial score (nSPS) is 20.0. The van der Waals surface area contributed by atoms with Gasteiger partial charge in [-0.15, -0.1) is 24.0 Å². The van der Waals surface area contributed by atoms with E-state index in [1.54, 1.807) is 0 Å². The maximum atomic E-state index is 4.65.